The van der Waals surface area contributed by atoms with Gasteiger partial charge in [-0.15, -0.1) is 5.10 Å². The van der Waals surface area contributed by atoms with Gasteiger partial charge in [-0.25, -0.2) is 0 Å². The molecule has 0 aliphatic heterocycles. The number of thiazole rings is 1. The Morgan fingerprint density at radius 2 is 1.83 bits per heavy atom. The van der Waals surface area contributed by atoms with E-state index < -0.39 is 6.61 Å². The summed E-state index contributed by atoms with van der Waals surface area (Å²) in [6, 6.07) is 14.4. The molecule has 7 heteroatoms. The summed E-state index contributed by atoms with van der Waals surface area (Å²) in [5.41, 5.74) is 2.59. The summed E-state index contributed by atoms with van der Waals surface area (Å²) in [5, 5.41) is 8.56. The highest BCUT2D eigenvalue weighted by Crippen LogP contribution is 2.16. The molecule has 124 valence electrons. The first-order valence-electron chi connectivity index (χ1n) is 7.22. The SMILES string of the molecule is C/C(=N/N=c1/sc2ccccc2n1C)c1ccc(OC(F)F)cc1. The molecule has 3 rings (SSSR count). The van der Waals surface area contributed by atoms with Gasteiger partial charge in [0, 0.05) is 7.05 Å². The molecule has 1 aromatic heterocycles. The molecule has 3 aromatic rings. The standard InChI is InChI=1S/C17H15F2N3OS/c1-11(12-7-9-13(10-8-12)23-16(18)19)20-21-17-22(2)14-5-3-4-6-15(14)24-17/h3-10,16H,1-2H3/b20-11-,21-17+. The minimum atomic E-state index is -2.83. The number of hydrogen-bond acceptors (Lipinski definition) is 4. The van der Waals surface area contributed by atoms with Crippen LogP contribution in [0.15, 0.2) is 58.7 Å². The molecule has 0 aliphatic rings. The van der Waals surface area contributed by atoms with Gasteiger partial charge in [-0.1, -0.05) is 23.5 Å². The van der Waals surface area contributed by atoms with Crippen LogP contribution >= 0.6 is 11.3 Å². The first-order chi connectivity index (χ1) is 11.5. The van der Waals surface area contributed by atoms with E-state index in [4.69, 9.17) is 0 Å². The van der Waals surface area contributed by atoms with Gasteiger partial charge in [-0.3, -0.25) is 0 Å². The summed E-state index contributed by atoms with van der Waals surface area (Å²) in [7, 11) is 1.94. The number of aromatic nitrogens is 1. The Hall–Kier alpha value is -2.54. The Balaban J connectivity index is 1.88. The highest BCUT2D eigenvalue weighted by Gasteiger charge is 2.05. The molecule has 0 unspecified atom stereocenters. The summed E-state index contributed by atoms with van der Waals surface area (Å²) in [5.74, 6) is 0.120. The summed E-state index contributed by atoms with van der Waals surface area (Å²) in [6.07, 6.45) is 0. The van der Waals surface area contributed by atoms with Crippen LogP contribution in [0.5, 0.6) is 5.75 Å². The molecule has 0 bridgehead atoms. The molecule has 0 aliphatic carbocycles. The topological polar surface area (TPSA) is 38.9 Å². The molecule has 4 nitrogen and oxygen atoms in total. The first kappa shape index (κ1) is 16.3. The third-order valence-corrected chi connectivity index (χ3v) is 4.60. The molecule has 0 amide bonds. The summed E-state index contributed by atoms with van der Waals surface area (Å²) in [4.78, 5) is 0.785. The van der Waals surface area contributed by atoms with E-state index in [-0.39, 0.29) is 5.75 Å². The van der Waals surface area contributed by atoms with Gasteiger partial charge in [0.15, 0.2) is 0 Å². The normalized spacial score (nSPS) is 13.0. The lowest BCUT2D eigenvalue weighted by atomic mass is 10.1. The van der Waals surface area contributed by atoms with Crippen LogP contribution in [0.2, 0.25) is 0 Å². The maximum absolute atomic E-state index is 12.2. The Kier molecular flexibility index (Phi) is 4.71. The molecule has 1 heterocycles. The second-order valence-corrected chi connectivity index (χ2v) is 6.11. The number of halogens is 2. The van der Waals surface area contributed by atoms with Crippen molar-refractivity contribution in [3.05, 3.63) is 58.9 Å². The largest absolute Gasteiger partial charge is 0.435 e. The van der Waals surface area contributed by atoms with E-state index in [9.17, 15) is 8.78 Å². The van der Waals surface area contributed by atoms with Crippen molar-refractivity contribution < 1.29 is 13.5 Å². The summed E-state index contributed by atoms with van der Waals surface area (Å²) in [6.45, 7) is -1.01. The van der Waals surface area contributed by atoms with Crippen LogP contribution in [-0.2, 0) is 7.05 Å². The Morgan fingerprint density at radius 1 is 1.12 bits per heavy atom. The molecule has 0 spiro atoms. The Bertz CT molecular complexity index is 942. The molecule has 0 radical (unpaired) electrons. The lowest BCUT2D eigenvalue weighted by Gasteiger charge is -2.04. The number of ether oxygens (including phenoxy) is 1. The smallest absolute Gasteiger partial charge is 0.387 e. The number of aryl methyl sites for hydroxylation is 1. The van der Waals surface area contributed by atoms with Crippen molar-refractivity contribution in [3.8, 4) is 5.75 Å². The average Bonchev–Trinajstić information content (AvgIpc) is 2.89. The predicted octanol–water partition coefficient (Wildman–Crippen LogP) is 4.17. The van der Waals surface area contributed by atoms with Crippen molar-refractivity contribution in [2.24, 2.45) is 17.3 Å². The maximum atomic E-state index is 12.2. The Labute approximate surface area is 141 Å². The van der Waals surface area contributed by atoms with Crippen LogP contribution < -0.4 is 9.54 Å². The minimum absolute atomic E-state index is 0.120. The van der Waals surface area contributed by atoms with Crippen molar-refractivity contribution in [2.45, 2.75) is 13.5 Å². The van der Waals surface area contributed by atoms with E-state index in [1.165, 1.54) is 12.1 Å². The number of rotatable bonds is 4. The molecule has 2 aromatic carbocycles. The van der Waals surface area contributed by atoms with Crippen LogP contribution in [0.1, 0.15) is 12.5 Å². The fourth-order valence-electron chi connectivity index (χ4n) is 2.23. The van der Waals surface area contributed by atoms with Crippen LogP contribution in [-0.4, -0.2) is 16.9 Å². The zero-order chi connectivity index (χ0) is 17.1. The van der Waals surface area contributed by atoms with E-state index in [1.54, 1.807) is 23.5 Å². The summed E-state index contributed by atoms with van der Waals surface area (Å²) >= 11 is 1.56. The van der Waals surface area contributed by atoms with E-state index in [2.05, 4.69) is 14.9 Å². The third-order valence-electron chi connectivity index (χ3n) is 3.50. The quantitative estimate of drug-likeness (QED) is 0.516. The number of nitrogens with zero attached hydrogens (tertiary/aromatic N) is 3. The lowest BCUT2D eigenvalue weighted by Crippen LogP contribution is -2.09. The molecule has 0 atom stereocenters. The first-order valence-corrected chi connectivity index (χ1v) is 8.04. The highest BCUT2D eigenvalue weighted by atomic mass is 32.1. The van der Waals surface area contributed by atoms with Crippen molar-refractivity contribution in [1.82, 2.24) is 4.57 Å². The van der Waals surface area contributed by atoms with Gasteiger partial charge >= 0.3 is 6.61 Å². The zero-order valence-corrected chi connectivity index (χ0v) is 13.9. The van der Waals surface area contributed by atoms with Gasteiger partial charge in [0.1, 0.15) is 5.75 Å². The van der Waals surface area contributed by atoms with Gasteiger partial charge in [0.25, 0.3) is 0 Å². The second kappa shape index (κ2) is 6.92. The van der Waals surface area contributed by atoms with Crippen LogP contribution in [0.25, 0.3) is 10.2 Å². The molecule has 24 heavy (non-hydrogen) atoms. The molecular formula is C17H15F2N3OS. The monoisotopic (exact) mass is 347 g/mol. The molecule has 0 saturated carbocycles. The number of alkyl halides is 2. The van der Waals surface area contributed by atoms with Crippen molar-refractivity contribution >= 4 is 27.3 Å². The van der Waals surface area contributed by atoms with E-state index in [0.717, 1.165) is 20.6 Å². The van der Waals surface area contributed by atoms with E-state index in [0.29, 0.717) is 5.71 Å². The van der Waals surface area contributed by atoms with Crippen molar-refractivity contribution in [1.29, 1.82) is 0 Å². The van der Waals surface area contributed by atoms with Gasteiger partial charge in [0.2, 0.25) is 4.80 Å². The van der Waals surface area contributed by atoms with Crippen LogP contribution in [0, 0.1) is 0 Å². The number of benzene rings is 2. The number of fused-ring (bicyclic) bond motifs is 1. The predicted molar refractivity (Wildman–Crippen MR) is 91.6 cm³/mol. The van der Waals surface area contributed by atoms with Crippen LogP contribution in [0.3, 0.4) is 0 Å². The third kappa shape index (κ3) is 3.51. The van der Waals surface area contributed by atoms with E-state index >= 15 is 0 Å². The van der Waals surface area contributed by atoms with E-state index in [1.807, 2.05) is 42.8 Å². The van der Waals surface area contributed by atoms with Gasteiger partial charge in [-0.05, 0) is 48.9 Å². The Morgan fingerprint density at radius 3 is 2.50 bits per heavy atom. The van der Waals surface area contributed by atoms with Crippen molar-refractivity contribution in [2.75, 3.05) is 0 Å². The van der Waals surface area contributed by atoms with Gasteiger partial charge < -0.3 is 9.30 Å². The fraction of sp³-hybridized carbons (Fsp3) is 0.176. The minimum Gasteiger partial charge on any atom is -0.435 e. The molecule has 0 N–H and O–H groups in total. The molecule has 0 fully saturated rings. The molecule has 0 saturated heterocycles. The lowest BCUT2D eigenvalue weighted by molar-refractivity contribution is -0.0498. The van der Waals surface area contributed by atoms with Gasteiger partial charge in [-0.2, -0.15) is 13.9 Å². The average molecular weight is 347 g/mol. The number of hydrogen-bond donors (Lipinski definition) is 0. The highest BCUT2D eigenvalue weighted by molar-refractivity contribution is 7.16. The van der Waals surface area contributed by atoms with Crippen molar-refractivity contribution in [3.63, 3.8) is 0 Å². The maximum Gasteiger partial charge on any atom is 0.387 e. The zero-order valence-electron chi connectivity index (χ0n) is 13.1. The molecular weight excluding hydrogens is 332 g/mol. The number of para-hydroxylation sites is 1. The van der Waals surface area contributed by atoms with Crippen LogP contribution in [0.4, 0.5) is 8.78 Å². The summed E-state index contributed by atoms with van der Waals surface area (Å²) < 4.78 is 31.8. The fourth-order valence-corrected chi connectivity index (χ4v) is 3.20. The van der Waals surface area contributed by atoms with Gasteiger partial charge in [0.05, 0.1) is 15.9 Å². The second-order valence-electron chi connectivity index (χ2n) is 5.10.